The molecule has 0 aromatic carbocycles. The Kier molecular flexibility index (Phi) is 4.28. The highest BCUT2D eigenvalue weighted by atomic mass is 16.2. The second-order valence-corrected chi connectivity index (χ2v) is 7.09. The zero-order chi connectivity index (χ0) is 14.8. The molecule has 0 spiro atoms. The van der Waals surface area contributed by atoms with Crippen molar-refractivity contribution in [3.63, 3.8) is 0 Å². The molecule has 4 unspecified atom stereocenters. The Balaban J connectivity index is 1.60. The predicted molar refractivity (Wildman–Crippen MR) is 78.1 cm³/mol. The maximum Gasteiger partial charge on any atom is 0.245 e. The quantitative estimate of drug-likeness (QED) is 0.808. The lowest BCUT2D eigenvalue weighted by Crippen LogP contribution is -2.43. The summed E-state index contributed by atoms with van der Waals surface area (Å²) in [7, 11) is 0. The summed E-state index contributed by atoms with van der Waals surface area (Å²) in [5.74, 6) is -0.498. The van der Waals surface area contributed by atoms with E-state index in [0.29, 0.717) is 11.8 Å². The number of nitriles is 1. The molecule has 1 amide bonds. The van der Waals surface area contributed by atoms with Gasteiger partial charge in [0.05, 0.1) is 6.07 Å². The zero-order valence-corrected chi connectivity index (χ0v) is 12.5. The maximum absolute atomic E-state index is 12.6. The van der Waals surface area contributed by atoms with Crippen molar-refractivity contribution in [3.8, 4) is 6.07 Å². The highest BCUT2D eigenvalue weighted by molar-refractivity contribution is 6.05. The van der Waals surface area contributed by atoms with Gasteiger partial charge in [-0.25, -0.2) is 0 Å². The van der Waals surface area contributed by atoms with E-state index in [1.165, 1.54) is 12.8 Å². The van der Waals surface area contributed by atoms with Crippen molar-refractivity contribution < 1.29 is 9.59 Å². The van der Waals surface area contributed by atoms with E-state index in [0.717, 1.165) is 44.9 Å². The zero-order valence-electron chi connectivity index (χ0n) is 12.5. The van der Waals surface area contributed by atoms with Gasteiger partial charge in [0.2, 0.25) is 5.91 Å². The number of nitrogens with one attached hydrogen (secondary N) is 1. The molecule has 1 N–H and O–H groups in total. The first-order chi connectivity index (χ1) is 10.2. The maximum atomic E-state index is 12.6. The molecule has 0 radical (unpaired) electrons. The summed E-state index contributed by atoms with van der Waals surface area (Å²) in [5, 5.41) is 12.2. The van der Waals surface area contributed by atoms with Crippen molar-refractivity contribution in [1.82, 2.24) is 5.32 Å². The first-order valence-electron chi connectivity index (χ1n) is 8.42. The van der Waals surface area contributed by atoms with Crippen molar-refractivity contribution in [3.05, 3.63) is 0 Å². The van der Waals surface area contributed by atoms with Crippen LogP contribution in [0, 0.1) is 35.0 Å². The van der Waals surface area contributed by atoms with E-state index in [1.807, 2.05) is 6.07 Å². The standard InChI is InChI=1S/C17H24N2O2/c18-10-15(17(21)19-13-4-2-1-3-5-13)16(20)14-9-11-6-7-12(14)8-11/h11-15H,1-9H2,(H,19,21). The van der Waals surface area contributed by atoms with Gasteiger partial charge in [-0.3, -0.25) is 9.59 Å². The van der Waals surface area contributed by atoms with Crippen molar-refractivity contribution in [2.24, 2.45) is 23.7 Å². The van der Waals surface area contributed by atoms with Crippen LogP contribution >= 0.6 is 0 Å². The summed E-state index contributed by atoms with van der Waals surface area (Å²) < 4.78 is 0. The Hall–Kier alpha value is -1.37. The van der Waals surface area contributed by atoms with Gasteiger partial charge in [0.15, 0.2) is 11.7 Å². The molecule has 3 fully saturated rings. The van der Waals surface area contributed by atoms with Gasteiger partial charge in [-0.05, 0) is 43.9 Å². The minimum Gasteiger partial charge on any atom is -0.352 e. The molecule has 114 valence electrons. The number of carbonyl (C=O) groups excluding carboxylic acids is 2. The van der Waals surface area contributed by atoms with Gasteiger partial charge in [-0.15, -0.1) is 0 Å². The fourth-order valence-corrected chi connectivity index (χ4v) is 4.59. The van der Waals surface area contributed by atoms with Crippen LogP contribution in [0.25, 0.3) is 0 Å². The largest absolute Gasteiger partial charge is 0.352 e. The third-order valence-corrected chi connectivity index (χ3v) is 5.73. The fraction of sp³-hybridized carbons (Fsp3) is 0.824. The topological polar surface area (TPSA) is 70.0 Å². The van der Waals surface area contributed by atoms with Crippen LogP contribution < -0.4 is 5.32 Å². The van der Waals surface area contributed by atoms with Gasteiger partial charge < -0.3 is 5.32 Å². The molecule has 3 aliphatic rings. The third kappa shape index (κ3) is 2.97. The molecule has 3 aliphatic carbocycles. The summed E-state index contributed by atoms with van der Waals surface area (Å²) >= 11 is 0. The molecule has 3 saturated carbocycles. The normalized spacial score (nSPS) is 33.4. The smallest absolute Gasteiger partial charge is 0.245 e. The number of fused-ring (bicyclic) bond motifs is 2. The molecule has 2 bridgehead atoms. The number of hydrogen-bond donors (Lipinski definition) is 1. The van der Waals surface area contributed by atoms with E-state index in [9.17, 15) is 14.9 Å². The van der Waals surface area contributed by atoms with Crippen LogP contribution in [0.2, 0.25) is 0 Å². The highest BCUT2D eigenvalue weighted by Crippen LogP contribution is 2.49. The van der Waals surface area contributed by atoms with E-state index >= 15 is 0 Å². The molecule has 4 heteroatoms. The molecule has 4 atom stereocenters. The Morgan fingerprint density at radius 2 is 1.81 bits per heavy atom. The van der Waals surface area contributed by atoms with Crippen LogP contribution in [-0.4, -0.2) is 17.7 Å². The predicted octanol–water partition coefficient (Wildman–Crippen LogP) is 2.58. The summed E-state index contributed by atoms with van der Waals surface area (Å²) in [6.45, 7) is 0. The van der Waals surface area contributed by atoms with Crippen molar-refractivity contribution in [1.29, 1.82) is 5.26 Å². The molecular weight excluding hydrogens is 264 g/mol. The summed E-state index contributed by atoms with van der Waals surface area (Å²) in [6.07, 6.45) is 9.78. The van der Waals surface area contributed by atoms with E-state index < -0.39 is 5.92 Å². The van der Waals surface area contributed by atoms with Crippen molar-refractivity contribution in [2.75, 3.05) is 0 Å². The number of nitrogens with zero attached hydrogens (tertiary/aromatic N) is 1. The van der Waals surface area contributed by atoms with Gasteiger partial charge in [0, 0.05) is 12.0 Å². The van der Waals surface area contributed by atoms with Crippen LogP contribution in [0.3, 0.4) is 0 Å². The number of carbonyl (C=O) groups is 2. The van der Waals surface area contributed by atoms with Crippen LogP contribution in [0.5, 0.6) is 0 Å². The molecule has 3 rings (SSSR count). The van der Waals surface area contributed by atoms with Gasteiger partial charge in [-0.1, -0.05) is 25.7 Å². The SMILES string of the molecule is N#CC(C(=O)NC1CCCCC1)C(=O)C1CC2CCC1C2. The minimum absolute atomic E-state index is 0.0366. The number of amides is 1. The summed E-state index contributed by atoms with van der Waals surface area (Å²) in [4.78, 5) is 24.9. The van der Waals surface area contributed by atoms with Gasteiger partial charge >= 0.3 is 0 Å². The van der Waals surface area contributed by atoms with Crippen LogP contribution in [-0.2, 0) is 9.59 Å². The molecule has 4 nitrogen and oxygen atoms in total. The first-order valence-corrected chi connectivity index (χ1v) is 8.42. The number of Topliss-reactive ketones (excluding diaryl/α,β-unsaturated/α-hetero) is 1. The molecule has 0 aliphatic heterocycles. The lowest BCUT2D eigenvalue weighted by Gasteiger charge is -2.25. The highest BCUT2D eigenvalue weighted by Gasteiger charge is 2.46. The Labute approximate surface area is 126 Å². The lowest BCUT2D eigenvalue weighted by atomic mass is 9.81. The molecule has 0 saturated heterocycles. The third-order valence-electron chi connectivity index (χ3n) is 5.73. The monoisotopic (exact) mass is 288 g/mol. The van der Waals surface area contributed by atoms with E-state index in [-0.39, 0.29) is 23.7 Å². The Bertz CT molecular complexity index is 462. The molecule has 21 heavy (non-hydrogen) atoms. The number of ketones is 1. The molecular formula is C17H24N2O2. The average Bonchev–Trinajstić information content (AvgIpc) is 3.11. The molecule has 0 aromatic heterocycles. The second kappa shape index (κ2) is 6.17. The first kappa shape index (κ1) is 14.6. The van der Waals surface area contributed by atoms with Crippen LogP contribution in [0.15, 0.2) is 0 Å². The van der Waals surface area contributed by atoms with E-state index in [1.54, 1.807) is 0 Å². The number of hydrogen-bond acceptors (Lipinski definition) is 3. The van der Waals surface area contributed by atoms with Crippen molar-refractivity contribution >= 4 is 11.7 Å². The average molecular weight is 288 g/mol. The second-order valence-electron chi connectivity index (χ2n) is 7.09. The minimum atomic E-state index is -1.09. The Morgan fingerprint density at radius 1 is 1.05 bits per heavy atom. The summed E-state index contributed by atoms with van der Waals surface area (Å²) in [6, 6.07) is 2.13. The Morgan fingerprint density at radius 3 is 2.38 bits per heavy atom. The van der Waals surface area contributed by atoms with Gasteiger partial charge in [0.1, 0.15) is 0 Å². The molecule has 0 heterocycles. The lowest BCUT2D eigenvalue weighted by molar-refractivity contribution is -0.135. The van der Waals surface area contributed by atoms with E-state index in [4.69, 9.17) is 0 Å². The number of rotatable bonds is 4. The van der Waals surface area contributed by atoms with Crippen LogP contribution in [0.1, 0.15) is 57.8 Å². The molecule has 0 aromatic rings. The fourth-order valence-electron chi connectivity index (χ4n) is 4.59. The van der Waals surface area contributed by atoms with Crippen LogP contribution in [0.4, 0.5) is 0 Å². The van der Waals surface area contributed by atoms with Gasteiger partial charge in [0.25, 0.3) is 0 Å². The van der Waals surface area contributed by atoms with Crippen molar-refractivity contribution in [2.45, 2.75) is 63.8 Å². The summed E-state index contributed by atoms with van der Waals surface area (Å²) in [5.41, 5.74) is 0. The van der Waals surface area contributed by atoms with E-state index in [2.05, 4.69) is 5.32 Å². The van der Waals surface area contributed by atoms with Gasteiger partial charge in [-0.2, -0.15) is 5.26 Å².